The van der Waals surface area contributed by atoms with Gasteiger partial charge in [-0.25, -0.2) is 0 Å². The molecule has 1 aromatic carbocycles. The Labute approximate surface area is 115 Å². The number of hydrogen-bond acceptors (Lipinski definition) is 2. The van der Waals surface area contributed by atoms with Crippen molar-refractivity contribution in [2.45, 2.75) is 20.0 Å². The van der Waals surface area contributed by atoms with Gasteiger partial charge in [0, 0.05) is 22.2 Å². The van der Waals surface area contributed by atoms with E-state index in [4.69, 9.17) is 4.74 Å². The minimum absolute atomic E-state index is 0.121. The minimum Gasteiger partial charge on any atom is -0.375 e. The van der Waals surface area contributed by atoms with Crippen LogP contribution in [0.1, 0.15) is 22.8 Å². The number of benzene rings is 1. The lowest BCUT2D eigenvalue weighted by molar-refractivity contribution is -0.0124. The molecular formula is C13H16INO2. The molecule has 0 radical (unpaired) electrons. The van der Waals surface area contributed by atoms with E-state index in [1.54, 1.807) is 0 Å². The van der Waals surface area contributed by atoms with Crippen molar-refractivity contribution in [3.8, 4) is 0 Å². The number of nitrogens with zero attached hydrogens (tertiary/aromatic N) is 1. The standard InChI is InChI=1S/C13H16INO2/c1-9-8-15(6-7-17-9)13(16)11-4-3-5-12(14)10(11)2/h3-5,9H,6-8H2,1-2H3/t9-/m1/s1. The van der Waals surface area contributed by atoms with Crippen LogP contribution in [0.4, 0.5) is 0 Å². The number of carbonyl (C=O) groups is 1. The summed E-state index contributed by atoms with van der Waals surface area (Å²) in [6.45, 7) is 6.01. The highest BCUT2D eigenvalue weighted by Gasteiger charge is 2.23. The molecule has 1 fully saturated rings. The van der Waals surface area contributed by atoms with Crippen molar-refractivity contribution >= 4 is 28.5 Å². The normalized spacial score (nSPS) is 20.4. The predicted octanol–water partition coefficient (Wildman–Crippen LogP) is 2.46. The molecule has 1 heterocycles. The van der Waals surface area contributed by atoms with Crippen LogP contribution in [0.25, 0.3) is 0 Å². The van der Waals surface area contributed by atoms with Gasteiger partial charge in [-0.2, -0.15) is 0 Å². The first-order chi connectivity index (χ1) is 8.09. The molecule has 4 heteroatoms. The molecule has 0 saturated carbocycles. The Morgan fingerprint density at radius 2 is 2.29 bits per heavy atom. The first kappa shape index (κ1) is 12.8. The molecule has 17 heavy (non-hydrogen) atoms. The highest BCUT2D eigenvalue weighted by Crippen LogP contribution is 2.18. The smallest absolute Gasteiger partial charge is 0.254 e. The van der Waals surface area contributed by atoms with Crippen molar-refractivity contribution in [3.05, 3.63) is 32.9 Å². The molecule has 1 aliphatic rings. The first-order valence-corrected chi connectivity index (χ1v) is 6.83. The molecule has 3 nitrogen and oxygen atoms in total. The summed E-state index contributed by atoms with van der Waals surface area (Å²) in [6, 6.07) is 5.86. The van der Waals surface area contributed by atoms with E-state index in [9.17, 15) is 4.79 Å². The van der Waals surface area contributed by atoms with E-state index in [1.807, 2.05) is 36.9 Å². The van der Waals surface area contributed by atoms with Gasteiger partial charge in [0.15, 0.2) is 0 Å². The number of ether oxygens (including phenoxy) is 1. The van der Waals surface area contributed by atoms with Gasteiger partial charge in [0.1, 0.15) is 0 Å². The maximum absolute atomic E-state index is 12.4. The van der Waals surface area contributed by atoms with Gasteiger partial charge in [-0.05, 0) is 54.1 Å². The second-order valence-corrected chi connectivity index (χ2v) is 5.51. The van der Waals surface area contributed by atoms with Gasteiger partial charge in [0.25, 0.3) is 5.91 Å². The van der Waals surface area contributed by atoms with Gasteiger partial charge in [-0.3, -0.25) is 4.79 Å². The van der Waals surface area contributed by atoms with Crippen LogP contribution in [-0.2, 0) is 4.74 Å². The molecule has 0 aromatic heterocycles. The van der Waals surface area contributed by atoms with Crippen LogP contribution >= 0.6 is 22.6 Å². The van der Waals surface area contributed by atoms with Crippen LogP contribution in [0.2, 0.25) is 0 Å². The number of amides is 1. The Hall–Kier alpha value is -0.620. The molecule has 92 valence electrons. The topological polar surface area (TPSA) is 29.5 Å². The average molecular weight is 345 g/mol. The highest BCUT2D eigenvalue weighted by atomic mass is 127. The van der Waals surface area contributed by atoms with Gasteiger partial charge >= 0.3 is 0 Å². The Bertz CT molecular complexity index is 433. The van der Waals surface area contributed by atoms with Crippen molar-refractivity contribution in [1.29, 1.82) is 0 Å². The molecule has 0 aliphatic carbocycles. The van der Waals surface area contributed by atoms with Crippen LogP contribution in [0.15, 0.2) is 18.2 Å². The minimum atomic E-state index is 0.121. The Kier molecular flexibility index (Phi) is 4.04. The Balaban J connectivity index is 2.22. The van der Waals surface area contributed by atoms with Crippen LogP contribution in [0.3, 0.4) is 0 Å². The first-order valence-electron chi connectivity index (χ1n) is 5.75. The fourth-order valence-electron chi connectivity index (χ4n) is 2.01. The van der Waals surface area contributed by atoms with E-state index >= 15 is 0 Å². The van der Waals surface area contributed by atoms with Crippen molar-refractivity contribution in [3.63, 3.8) is 0 Å². The second-order valence-electron chi connectivity index (χ2n) is 4.34. The number of morpholine rings is 1. The van der Waals surface area contributed by atoms with Crippen LogP contribution in [0, 0.1) is 10.5 Å². The quantitative estimate of drug-likeness (QED) is 0.732. The summed E-state index contributed by atoms with van der Waals surface area (Å²) >= 11 is 2.26. The number of rotatable bonds is 1. The van der Waals surface area contributed by atoms with Crippen LogP contribution in [0.5, 0.6) is 0 Å². The van der Waals surface area contributed by atoms with Crippen LogP contribution in [-0.4, -0.2) is 36.6 Å². The zero-order valence-electron chi connectivity index (χ0n) is 10.1. The lowest BCUT2D eigenvalue weighted by atomic mass is 10.1. The Morgan fingerprint density at radius 1 is 1.53 bits per heavy atom. The largest absolute Gasteiger partial charge is 0.375 e. The highest BCUT2D eigenvalue weighted by molar-refractivity contribution is 14.1. The molecule has 1 aliphatic heterocycles. The summed E-state index contributed by atoms with van der Waals surface area (Å²) in [5.41, 5.74) is 1.88. The fourth-order valence-corrected chi connectivity index (χ4v) is 2.51. The van der Waals surface area contributed by atoms with E-state index in [-0.39, 0.29) is 12.0 Å². The summed E-state index contributed by atoms with van der Waals surface area (Å²) in [5.74, 6) is 0.121. The number of halogens is 1. The molecule has 1 saturated heterocycles. The van der Waals surface area contributed by atoms with Gasteiger partial charge in [-0.15, -0.1) is 0 Å². The van der Waals surface area contributed by atoms with Crippen molar-refractivity contribution in [1.82, 2.24) is 4.90 Å². The molecule has 1 aromatic rings. The molecule has 0 bridgehead atoms. The lowest BCUT2D eigenvalue weighted by Gasteiger charge is -2.31. The van der Waals surface area contributed by atoms with Gasteiger partial charge < -0.3 is 9.64 Å². The van der Waals surface area contributed by atoms with E-state index in [0.29, 0.717) is 19.7 Å². The summed E-state index contributed by atoms with van der Waals surface area (Å²) in [7, 11) is 0. The van der Waals surface area contributed by atoms with Crippen molar-refractivity contribution in [2.24, 2.45) is 0 Å². The summed E-state index contributed by atoms with van der Waals surface area (Å²) in [6.07, 6.45) is 0.135. The third kappa shape index (κ3) is 2.80. The molecule has 0 unspecified atom stereocenters. The zero-order chi connectivity index (χ0) is 12.4. The monoisotopic (exact) mass is 345 g/mol. The number of hydrogen-bond donors (Lipinski definition) is 0. The molecule has 0 spiro atoms. The van der Waals surface area contributed by atoms with Crippen molar-refractivity contribution < 1.29 is 9.53 Å². The van der Waals surface area contributed by atoms with E-state index in [0.717, 1.165) is 14.7 Å². The van der Waals surface area contributed by atoms with Gasteiger partial charge in [0.2, 0.25) is 0 Å². The maximum Gasteiger partial charge on any atom is 0.254 e. The molecular weight excluding hydrogens is 329 g/mol. The summed E-state index contributed by atoms with van der Waals surface area (Å²) in [5, 5.41) is 0. The Morgan fingerprint density at radius 3 is 3.00 bits per heavy atom. The summed E-state index contributed by atoms with van der Waals surface area (Å²) in [4.78, 5) is 14.3. The SMILES string of the molecule is Cc1c(I)cccc1C(=O)N1CCO[C@H](C)C1. The summed E-state index contributed by atoms with van der Waals surface area (Å²) < 4.78 is 6.59. The van der Waals surface area contributed by atoms with Gasteiger partial charge in [0.05, 0.1) is 12.7 Å². The van der Waals surface area contributed by atoms with Crippen LogP contribution < -0.4 is 0 Å². The van der Waals surface area contributed by atoms with Crippen molar-refractivity contribution in [2.75, 3.05) is 19.7 Å². The van der Waals surface area contributed by atoms with E-state index < -0.39 is 0 Å². The molecule has 1 atom stereocenters. The predicted molar refractivity (Wildman–Crippen MR) is 75.2 cm³/mol. The second kappa shape index (κ2) is 5.35. The van der Waals surface area contributed by atoms with Gasteiger partial charge in [-0.1, -0.05) is 6.07 Å². The molecule has 0 N–H and O–H groups in total. The number of carbonyl (C=O) groups excluding carboxylic acids is 1. The lowest BCUT2D eigenvalue weighted by Crippen LogP contribution is -2.44. The molecule has 2 rings (SSSR count). The van der Waals surface area contributed by atoms with E-state index in [2.05, 4.69) is 22.6 Å². The maximum atomic E-state index is 12.4. The fraction of sp³-hybridized carbons (Fsp3) is 0.462. The third-order valence-corrected chi connectivity index (χ3v) is 4.20. The zero-order valence-corrected chi connectivity index (χ0v) is 12.2. The van der Waals surface area contributed by atoms with E-state index in [1.165, 1.54) is 0 Å². The molecule has 1 amide bonds. The average Bonchev–Trinajstić information content (AvgIpc) is 2.32. The third-order valence-electron chi connectivity index (χ3n) is 3.03.